The standard InChI is InChI=1S/C21H24ClFN4O2/c1-29-16-5-2-14(3-6-16)19-13-20(25-24-19)26-8-10-27(11-9-26)21(28)17-7-4-15(23)12-18(17)22/h2-7,12,19-20,24-25H,8-11,13H2,1H3. The highest BCUT2D eigenvalue weighted by atomic mass is 35.5. The lowest BCUT2D eigenvalue weighted by molar-refractivity contribution is 0.0545. The molecule has 0 aliphatic carbocycles. The van der Waals surface area contributed by atoms with Gasteiger partial charge in [0, 0.05) is 32.2 Å². The fourth-order valence-electron chi connectivity index (χ4n) is 3.90. The minimum absolute atomic E-state index is 0.150. The zero-order valence-corrected chi connectivity index (χ0v) is 17.0. The molecule has 8 heteroatoms. The summed E-state index contributed by atoms with van der Waals surface area (Å²) in [7, 11) is 1.66. The molecule has 6 nitrogen and oxygen atoms in total. The fourth-order valence-corrected chi connectivity index (χ4v) is 4.15. The van der Waals surface area contributed by atoms with Crippen LogP contribution in [0.25, 0.3) is 0 Å². The van der Waals surface area contributed by atoms with Crippen LogP contribution in [0, 0.1) is 5.82 Å². The minimum Gasteiger partial charge on any atom is -0.497 e. The van der Waals surface area contributed by atoms with E-state index in [0.29, 0.717) is 18.7 Å². The summed E-state index contributed by atoms with van der Waals surface area (Å²) in [6, 6.07) is 12.2. The Kier molecular flexibility index (Phi) is 6.01. The maximum Gasteiger partial charge on any atom is 0.255 e. The fraction of sp³-hybridized carbons (Fsp3) is 0.381. The van der Waals surface area contributed by atoms with Crippen LogP contribution >= 0.6 is 11.6 Å². The second kappa shape index (κ2) is 8.67. The molecule has 2 fully saturated rings. The quantitative estimate of drug-likeness (QED) is 0.799. The van der Waals surface area contributed by atoms with Crippen LogP contribution in [0.2, 0.25) is 5.02 Å². The van der Waals surface area contributed by atoms with Gasteiger partial charge in [-0.05, 0) is 42.3 Å². The maximum absolute atomic E-state index is 13.2. The first kappa shape index (κ1) is 20.1. The third-order valence-corrected chi connectivity index (χ3v) is 5.92. The highest BCUT2D eigenvalue weighted by Crippen LogP contribution is 2.26. The zero-order valence-electron chi connectivity index (χ0n) is 16.2. The first-order valence-corrected chi connectivity index (χ1v) is 10.1. The van der Waals surface area contributed by atoms with E-state index in [2.05, 4.69) is 27.9 Å². The number of amides is 1. The number of benzene rings is 2. The summed E-state index contributed by atoms with van der Waals surface area (Å²) < 4.78 is 18.5. The highest BCUT2D eigenvalue weighted by Gasteiger charge is 2.32. The van der Waals surface area contributed by atoms with Crippen molar-refractivity contribution in [1.29, 1.82) is 0 Å². The van der Waals surface area contributed by atoms with Crippen LogP contribution in [-0.2, 0) is 0 Å². The van der Waals surface area contributed by atoms with Gasteiger partial charge < -0.3 is 9.64 Å². The van der Waals surface area contributed by atoms with Crippen molar-refractivity contribution in [3.63, 3.8) is 0 Å². The smallest absolute Gasteiger partial charge is 0.255 e. The molecule has 0 aromatic heterocycles. The van der Waals surface area contributed by atoms with Gasteiger partial charge in [0.15, 0.2) is 0 Å². The van der Waals surface area contributed by atoms with E-state index in [9.17, 15) is 9.18 Å². The van der Waals surface area contributed by atoms with Gasteiger partial charge in [-0.3, -0.25) is 9.69 Å². The molecular formula is C21H24ClFN4O2. The van der Waals surface area contributed by atoms with Crippen LogP contribution in [0.3, 0.4) is 0 Å². The number of halogens is 2. The van der Waals surface area contributed by atoms with E-state index < -0.39 is 5.82 Å². The summed E-state index contributed by atoms with van der Waals surface area (Å²) in [6.45, 7) is 2.74. The molecule has 2 unspecified atom stereocenters. The molecule has 0 radical (unpaired) electrons. The van der Waals surface area contributed by atoms with E-state index >= 15 is 0 Å². The maximum atomic E-state index is 13.2. The van der Waals surface area contributed by atoms with Crippen molar-refractivity contribution in [2.75, 3.05) is 33.3 Å². The lowest BCUT2D eigenvalue weighted by Crippen LogP contribution is -2.55. The van der Waals surface area contributed by atoms with E-state index in [1.165, 1.54) is 23.8 Å². The first-order chi connectivity index (χ1) is 14.0. The molecule has 0 bridgehead atoms. The summed E-state index contributed by atoms with van der Waals surface area (Å²) in [5.41, 5.74) is 8.30. The number of carbonyl (C=O) groups is 1. The van der Waals surface area contributed by atoms with Crippen LogP contribution in [0.15, 0.2) is 42.5 Å². The highest BCUT2D eigenvalue weighted by molar-refractivity contribution is 6.33. The van der Waals surface area contributed by atoms with Crippen LogP contribution in [-0.4, -0.2) is 55.2 Å². The first-order valence-electron chi connectivity index (χ1n) is 9.68. The Hall–Kier alpha value is -2.19. The number of rotatable bonds is 4. The molecule has 0 saturated carbocycles. The SMILES string of the molecule is COc1ccc(C2CC(N3CCN(C(=O)c4ccc(F)cc4Cl)CC3)NN2)cc1. The van der Waals surface area contributed by atoms with Crippen LogP contribution in [0.5, 0.6) is 5.75 Å². The largest absolute Gasteiger partial charge is 0.497 e. The average Bonchev–Trinajstić information content (AvgIpc) is 3.24. The Morgan fingerprint density at radius 3 is 2.48 bits per heavy atom. The van der Waals surface area contributed by atoms with Gasteiger partial charge in [0.25, 0.3) is 5.91 Å². The number of ether oxygens (including phenoxy) is 1. The summed E-state index contributed by atoms with van der Waals surface area (Å²) in [4.78, 5) is 16.8. The molecule has 2 aliphatic rings. The molecule has 2 aliphatic heterocycles. The molecular weight excluding hydrogens is 395 g/mol. The molecule has 2 N–H and O–H groups in total. The van der Waals surface area contributed by atoms with E-state index in [1.807, 2.05) is 12.1 Å². The van der Waals surface area contributed by atoms with Crippen molar-refractivity contribution in [1.82, 2.24) is 20.7 Å². The van der Waals surface area contributed by atoms with Gasteiger partial charge in [-0.25, -0.2) is 15.2 Å². The zero-order chi connectivity index (χ0) is 20.4. The molecule has 29 heavy (non-hydrogen) atoms. The molecule has 4 rings (SSSR count). The molecule has 0 spiro atoms. The minimum atomic E-state index is -0.442. The number of piperazine rings is 1. The second-order valence-corrected chi connectivity index (χ2v) is 7.73. The summed E-state index contributed by atoms with van der Waals surface area (Å²) in [5.74, 6) is 0.254. The molecule has 2 heterocycles. The Labute approximate surface area is 174 Å². The molecule has 2 aromatic rings. The Balaban J connectivity index is 1.32. The summed E-state index contributed by atoms with van der Waals surface area (Å²) in [6.07, 6.45) is 1.14. The molecule has 2 saturated heterocycles. The van der Waals surface area contributed by atoms with Gasteiger partial charge in [0.1, 0.15) is 11.6 Å². The van der Waals surface area contributed by atoms with Crippen molar-refractivity contribution < 1.29 is 13.9 Å². The second-order valence-electron chi connectivity index (χ2n) is 7.32. The van der Waals surface area contributed by atoms with Gasteiger partial charge in [0.2, 0.25) is 0 Å². The van der Waals surface area contributed by atoms with Crippen molar-refractivity contribution in [2.24, 2.45) is 0 Å². The van der Waals surface area contributed by atoms with Gasteiger partial charge >= 0.3 is 0 Å². The Morgan fingerprint density at radius 2 is 1.83 bits per heavy atom. The summed E-state index contributed by atoms with van der Waals surface area (Å²) in [5, 5.41) is 0.154. The third-order valence-electron chi connectivity index (χ3n) is 5.61. The van der Waals surface area contributed by atoms with Crippen molar-refractivity contribution in [3.8, 4) is 5.75 Å². The number of hydrazine groups is 1. The Bertz CT molecular complexity index is 871. The predicted molar refractivity (Wildman–Crippen MR) is 109 cm³/mol. The van der Waals surface area contributed by atoms with Crippen LogP contribution in [0.1, 0.15) is 28.4 Å². The monoisotopic (exact) mass is 418 g/mol. The van der Waals surface area contributed by atoms with Crippen molar-refractivity contribution in [2.45, 2.75) is 18.6 Å². The average molecular weight is 419 g/mol. The van der Waals surface area contributed by atoms with E-state index in [1.54, 1.807) is 12.0 Å². The lowest BCUT2D eigenvalue weighted by atomic mass is 10.0. The van der Waals surface area contributed by atoms with Gasteiger partial charge in [-0.15, -0.1) is 0 Å². The van der Waals surface area contributed by atoms with Gasteiger partial charge in [0.05, 0.1) is 23.9 Å². The van der Waals surface area contributed by atoms with E-state index in [4.69, 9.17) is 16.3 Å². The van der Waals surface area contributed by atoms with Crippen LogP contribution in [0.4, 0.5) is 4.39 Å². The molecule has 2 aromatic carbocycles. The summed E-state index contributed by atoms with van der Waals surface area (Å²) >= 11 is 6.05. The topological polar surface area (TPSA) is 56.8 Å². The predicted octanol–water partition coefficient (Wildman–Crippen LogP) is 2.81. The number of methoxy groups -OCH3 is 1. The van der Waals surface area contributed by atoms with Crippen LogP contribution < -0.4 is 15.6 Å². The van der Waals surface area contributed by atoms with Crippen molar-refractivity contribution in [3.05, 3.63) is 64.4 Å². The number of carbonyl (C=O) groups excluding carboxylic acids is 1. The van der Waals surface area contributed by atoms with Gasteiger partial charge in [-0.1, -0.05) is 23.7 Å². The van der Waals surface area contributed by atoms with E-state index in [0.717, 1.165) is 25.3 Å². The van der Waals surface area contributed by atoms with Crippen molar-refractivity contribution >= 4 is 17.5 Å². The third kappa shape index (κ3) is 4.38. The van der Waals surface area contributed by atoms with E-state index in [-0.39, 0.29) is 23.1 Å². The molecule has 154 valence electrons. The molecule has 1 amide bonds. The normalized spacial score (nSPS) is 22.7. The number of hydrogen-bond donors (Lipinski definition) is 2. The Morgan fingerprint density at radius 1 is 1.10 bits per heavy atom. The lowest BCUT2D eigenvalue weighted by Gasteiger charge is -2.37. The number of nitrogens with one attached hydrogen (secondary N) is 2. The molecule has 2 atom stereocenters. The van der Waals surface area contributed by atoms with Gasteiger partial charge in [-0.2, -0.15) is 0 Å². The number of nitrogens with zero attached hydrogens (tertiary/aromatic N) is 2. The number of hydrogen-bond acceptors (Lipinski definition) is 5.